The highest BCUT2D eigenvalue weighted by atomic mass is 32.1. The van der Waals surface area contributed by atoms with E-state index >= 15 is 0 Å². The standard InChI is InChI=1S/C33H28N2O5S/c1-37-24-11-6-20(7-12-24)16-23-4-3-5-26-30(23)34-33-35(31(26)22-9-13-25(38-2)14-10-22)32(36)29(41-33)18-21-8-15-27-28(17-21)40-19-39-27/h6-18,31H,3-5,19H2,1-2H3. The van der Waals surface area contributed by atoms with Gasteiger partial charge in [-0.2, -0.15) is 0 Å². The molecule has 7 rings (SSSR count). The molecule has 0 N–H and O–H groups in total. The van der Waals surface area contributed by atoms with Crippen molar-refractivity contribution in [1.82, 2.24) is 4.57 Å². The summed E-state index contributed by atoms with van der Waals surface area (Å²) in [6.07, 6.45) is 6.92. The van der Waals surface area contributed by atoms with E-state index in [1.807, 2.05) is 53.1 Å². The van der Waals surface area contributed by atoms with Gasteiger partial charge in [-0.25, -0.2) is 4.99 Å². The molecule has 3 heterocycles. The first kappa shape index (κ1) is 25.4. The third kappa shape index (κ3) is 4.64. The minimum Gasteiger partial charge on any atom is -0.497 e. The lowest BCUT2D eigenvalue weighted by atomic mass is 9.84. The van der Waals surface area contributed by atoms with E-state index < -0.39 is 0 Å². The van der Waals surface area contributed by atoms with Gasteiger partial charge in [-0.15, -0.1) is 0 Å². The van der Waals surface area contributed by atoms with Crippen molar-refractivity contribution in [2.75, 3.05) is 21.0 Å². The Hall–Kier alpha value is -4.56. The van der Waals surface area contributed by atoms with Crippen LogP contribution in [0.1, 0.15) is 42.0 Å². The lowest BCUT2D eigenvalue weighted by Gasteiger charge is -2.31. The third-order valence-electron chi connectivity index (χ3n) is 7.72. The molecule has 3 aliphatic rings. The molecule has 0 bridgehead atoms. The molecule has 0 amide bonds. The summed E-state index contributed by atoms with van der Waals surface area (Å²) in [6, 6.07) is 21.5. The van der Waals surface area contributed by atoms with Crippen LogP contribution in [-0.4, -0.2) is 25.6 Å². The number of hydrogen-bond donors (Lipinski definition) is 0. The molecular weight excluding hydrogens is 536 g/mol. The molecule has 7 nitrogen and oxygen atoms in total. The summed E-state index contributed by atoms with van der Waals surface area (Å²) in [5, 5.41) is 0. The molecule has 1 aromatic heterocycles. The van der Waals surface area contributed by atoms with Crippen LogP contribution in [0.2, 0.25) is 0 Å². The predicted molar refractivity (Wildman–Crippen MR) is 158 cm³/mol. The second-order valence-corrected chi connectivity index (χ2v) is 11.1. The highest BCUT2D eigenvalue weighted by Crippen LogP contribution is 2.41. The summed E-state index contributed by atoms with van der Waals surface area (Å²) in [6.45, 7) is 0.209. The summed E-state index contributed by atoms with van der Waals surface area (Å²) in [4.78, 5) is 19.9. The SMILES string of the molecule is COc1ccc(C=C2CCCC3=C2N=c2sc(=Cc4ccc5c(c4)OCO5)c(=O)n2C3c2ccc(OC)cc2)cc1. The minimum atomic E-state index is -0.245. The summed E-state index contributed by atoms with van der Waals surface area (Å²) in [5.74, 6) is 3.01. The van der Waals surface area contributed by atoms with E-state index in [2.05, 4.69) is 30.3 Å². The Labute approximate surface area is 240 Å². The Kier molecular flexibility index (Phi) is 6.47. The van der Waals surface area contributed by atoms with E-state index in [0.29, 0.717) is 20.8 Å². The largest absolute Gasteiger partial charge is 0.497 e. The van der Waals surface area contributed by atoms with E-state index in [-0.39, 0.29) is 18.4 Å². The van der Waals surface area contributed by atoms with Crippen molar-refractivity contribution in [2.24, 2.45) is 4.99 Å². The quantitative estimate of drug-likeness (QED) is 0.332. The number of rotatable bonds is 5. The van der Waals surface area contributed by atoms with Crippen LogP contribution < -0.4 is 33.8 Å². The van der Waals surface area contributed by atoms with E-state index in [0.717, 1.165) is 53.1 Å². The second-order valence-electron chi connectivity index (χ2n) is 10.1. The average molecular weight is 565 g/mol. The van der Waals surface area contributed by atoms with E-state index in [1.54, 1.807) is 14.2 Å². The number of fused-ring (bicyclic) bond motifs is 2. The van der Waals surface area contributed by atoms with E-state index in [1.165, 1.54) is 22.5 Å². The first-order valence-electron chi connectivity index (χ1n) is 13.5. The fraction of sp³-hybridized carbons (Fsp3) is 0.212. The lowest BCUT2D eigenvalue weighted by molar-refractivity contribution is 0.174. The number of methoxy groups -OCH3 is 2. The smallest absolute Gasteiger partial charge is 0.271 e. The fourth-order valence-electron chi connectivity index (χ4n) is 5.70. The summed E-state index contributed by atoms with van der Waals surface area (Å²) >= 11 is 1.42. The fourth-order valence-corrected chi connectivity index (χ4v) is 6.70. The van der Waals surface area contributed by atoms with Crippen LogP contribution in [-0.2, 0) is 0 Å². The maximum absolute atomic E-state index is 14.0. The zero-order valence-electron chi connectivity index (χ0n) is 22.8. The van der Waals surface area contributed by atoms with Crippen molar-refractivity contribution in [3.8, 4) is 23.0 Å². The molecule has 0 saturated heterocycles. The maximum atomic E-state index is 14.0. The molecule has 206 valence electrons. The number of nitrogens with zero attached hydrogens (tertiary/aromatic N) is 2. The van der Waals surface area contributed by atoms with Gasteiger partial charge < -0.3 is 18.9 Å². The average Bonchev–Trinajstić information content (AvgIpc) is 3.60. The van der Waals surface area contributed by atoms with Crippen LogP contribution in [0.3, 0.4) is 0 Å². The Balaban J connectivity index is 1.40. The molecule has 1 unspecified atom stereocenters. The molecule has 4 aromatic rings. The van der Waals surface area contributed by atoms with Crippen molar-refractivity contribution in [2.45, 2.75) is 25.3 Å². The second kappa shape index (κ2) is 10.4. The molecule has 3 aromatic carbocycles. The molecule has 0 saturated carbocycles. The first-order chi connectivity index (χ1) is 20.1. The summed E-state index contributed by atoms with van der Waals surface area (Å²) in [7, 11) is 3.33. The van der Waals surface area contributed by atoms with E-state index in [4.69, 9.17) is 23.9 Å². The number of aromatic nitrogens is 1. The molecule has 1 aliphatic carbocycles. The number of benzene rings is 3. The zero-order chi connectivity index (χ0) is 27.9. The van der Waals surface area contributed by atoms with Crippen molar-refractivity contribution >= 4 is 23.5 Å². The van der Waals surface area contributed by atoms with Crippen LogP contribution in [0.15, 0.2) is 93.4 Å². The monoisotopic (exact) mass is 564 g/mol. The van der Waals surface area contributed by atoms with Gasteiger partial charge in [0.1, 0.15) is 11.5 Å². The topological polar surface area (TPSA) is 71.3 Å². The van der Waals surface area contributed by atoms with Gasteiger partial charge in [0, 0.05) is 0 Å². The third-order valence-corrected chi connectivity index (χ3v) is 8.70. The Morgan fingerprint density at radius 2 is 1.59 bits per heavy atom. The van der Waals surface area contributed by atoms with Gasteiger partial charge in [0.05, 0.1) is 30.5 Å². The number of ether oxygens (including phenoxy) is 4. The molecule has 8 heteroatoms. The van der Waals surface area contributed by atoms with Gasteiger partial charge in [-0.1, -0.05) is 41.7 Å². The summed E-state index contributed by atoms with van der Waals surface area (Å²) < 4.78 is 24.2. The van der Waals surface area contributed by atoms with Crippen LogP contribution in [0.25, 0.3) is 12.2 Å². The molecule has 41 heavy (non-hydrogen) atoms. The maximum Gasteiger partial charge on any atom is 0.271 e. The highest BCUT2D eigenvalue weighted by Gasteiger charge is 2.32. The van der Waals surface area contributed by atoms with Crippen molar-refractivity contribution < 1.29 is 18.9 Å². The van der Waals surface area contributed by atoms with Gasteiger partial charge in [-0.05, 0) is 95.6 Å². The Morgan fingerprint density at radius 3 is 2.34 bits per heavy atom. The normalized spacial score (nSPS) is 18.6. The number of thiazole rings is 1. The van der Waals surface area contributed by atoms with Gasteiger partial charge >= 0.3 is 0 Å². The molecule has 1 atom stereocenters. The zero-order valence-corrected chi connectivity index (χ0v) is 23.6. The highest BCUT2D eigenvalue weighted by molar-refractivity contribution is 7.07. The number of allylic oxidation sites excluding steroid dienone is 2. The molecular formula is C33H28N2O5S. The molecule has 2 aliphatic heterocycles. The van der Waals surface area contributed by atoms with Crippen LogP contribution in [0.5, 0.6) is 23.0 Å². The van der Waals surface area contributed by atoms with Gasteiger partial charge in [-0.3, -0.25) is 9.36 Å². The molecule has 0 fully saturated rings. The van der Waals surface area contributed by atoms with Crippen LogP contribution >= 0.6 is 11.3 Å². The van der Waals surface area contributed by atoms with Crippen LogP contribution in [0.4, 0.5) is 0 Å². The van der Waals surface area contributed by atoms with Gasteiger partial charge in [0.25, 0.3) is 5.56 Å². The van der Waals surface area contributed by atoms with E-state index in [9.17, 15) is 4.79 Å². The van der Waals surface area contributed by atoms with Crippen LogP contribution in [0, 0.1) is 0 Å². The Morgan fingerprint density at radius 1 is 0.878 bits per heavy atom. The van der Waals surface area contributed by atoms with Crippen molar-refractivity contribution in [3.05, 3.63) is 120 Å². The Bertz CT molecular complexity index is 1880. The van der Waals surface area contributed by atoms with Crippen molar-refractivity contribution in [3.63, 3.8) is 0 Å². The van der Waals surface area contributed by atoms with Gasteiger partial charge in [0.15, 0.2) is 16.3 Å². The van der Waals surface area contributed by atoms with Crippen molar-refractivity contribution in [1.29, 1.82) is 0 Å². The summed E-state index contributed by atoms with van der Waals surface area (Å²) in [5.41, 5.74) is 6.30. The first-order valence-corrected chi connectivity index (χ1v) is 14.4. The predicted octanol–water partition coefficient (Wildman–Crippen LogP) is 5.23. The lowest BCUT2D eigenvalue weighted by Crippen LogP contribution is -2.39. The molecule has 0 spiro atoms. The number of hydrogen-bond acceptors (Lipinski definition) is 7. The molecule has 0 radical (unpaired) electrons. The minimum absolute atomic E-state index is 0.0509. The van der Waals surface area contributed by atoms with Gasteiger partial charge in [0.2, 0.25) is 6.79 Å².